The lowest BCUT2D eigenvalue weighted by molar-refractivity contribution is 0.304. The highest BCUT2D eigenvalue weighted by Gasteiger charge is 2.42. The minimum Gasteiger partial charge on any atom is -0.395 e. The summed E-state index contributed by atoms with van der Waals surface area (Å²) in [6.07, 6.45) is 2.14. The van der Waals surface area contributed by atoms with E-state index >= 15 is 0 Å². The molecule has 6 heterocycles. The molecule has 0 radical (unpaired) electrons. The Morgan fingerprint density at radius 1 is 0.708 bits per heavy atom. The predicted molar refractivity (Wildman–Crippen MR) is 274 cm³/mol. The van der Waals surface area contributed by atoms with Crippen molar-refractivity contribution in [2.45, 2.75) is 42.4 Å². The molecule has 0 spiro atoms. The third-order valence-corrected chi connectivity index (χ3v) is 25.7. The topological polar surface area (TPSA) is 219 Å². The Balaban J connectivity index is 0.000000180. The lowest BCUT2D eigenvalue weighted by Gasteiger charge is -2.18. The average Bonchev–Trinajstić information content (AvgIpc) is 4.10. The van der Waals surface area contributed by atoms with E-state index in [-0.39, 0.29) is 29.4 Å². The molecule has 0 aliphatic carbocycles. The number of fused-ring (bicyclic) bond motifs is 6. The lowest BCUT2D eigenvalue weighted by Crippen LogP contribution is -2.48. The van der Waals surface area contributed by atoms with Gasteiger partial charge in [0.05, 0.1) is 52.1 Å². The summed E-state index contributed by atoms with van der Waals surface area (Å²) >= 11 is 6.87. The molecular weight excluding hydrogens is 971 g/mol. The number of rotatable bonds is 11. The van der Waals surface area contributed by atoms with Gasteiger partial charge in [0.15, 0.2) is 5.70 Å². The van der Waals surface area contributed by atoms with Crippen molar-refractivity contribution < 1.29 is 27.0 Å². The maximum Gasteiger partial charge on any atom is 0.238 e. The fourth-order valence-electron chi connectivity index (χ4n) is 7.42. The number of hydrogen-bond acceptors (Lipinski definition) is 14. The van der Waals surface area contributed by atoms with Crippen LogP contribution in [0, 0.1) is 29.2 Å². The number of hydrogen-bond donors (Lipinski definition) is 4. The van der Waals surface area contributed by atoms with Gasteiger partial charge in [-0.05, 0) is 86.5 Å². The van der Waals surface area contributed by atoms with Gasteiger partial charge in [-0.15, -0.1) is 45.3 Å². The number of aliphatic hydroxyl groups excluding tert-OH is 2. The molecule has 338 valence electrons. The highest BCUT2D eigenvalue weighted by molar-refractivity contribution is 7.89. The van der Waals surface area contributed by atoms with Crippen molar-refractivity contribution in [2.24, 2.45) is 10.3 Å². The van der Waals surface area contributed by atoms with E-state index in [2.05, 4.69) is 71.2 Å². The van der Waals surface area contributed by atoms with Crippen LogP contribution in [0.4, 0.5) is 10.0 Å². The van der Waals surface area contributed by atoms with Crippen molar-refractivity contribution in [2.75, 3.05) is 50.2 Å². The smallest absolute Gasteiger partial charge is 0.238 e. The van der Waals surface area contributed by atoms with Crippen molar-refractivity contribution in [1.29, 1.82) is 10.5 Å². The minimum absolute atomic E-state index is 0.0284. The Morgan fingerprint density at radius 2 is 1.14 bits per heavy atom. The summed E-state index contributed by atoms with van der Waals surface area (Å²) in [6.45, 7) is 18.6. The number of nitrogens with zero attached hydrogens (tertiary/aromatic N) is 5. The lowest BCUT2D eigenvalue weighted by atomic mass is 10.1. The molecule has 8 rings (SSSR count). The summed E-state index contributed by atoms with van der Waals surface area (Å²) < 4.78 is 44.6. The van der Waals surface area contributed by atoms with E-state index in [4.69, 9.17) is 32.5 Å². The standard InChI is InChI=1S/C22H23N3O3S3Si.C14H16N2OS2Si.C8H8N2O2S/c1-24-17(14-5-7-16(8-6-14)31(23,27)28)11-15-12-18-21(29-15)22-19(32(18,3)4)13-20(30-22)25(2)9-10-26;1-16(4-5-17)12-7-11-14(19-12)13-10(20(11,2)3)6-9(8-15)18-13;9-6-5-7-1-3-8(4-2-7)13(10,11)12/h5-8,11-13,26H,9-10H2,2-4H3,(H2,23,27,28);6-7,17H,4-5H2,1-3H3;1-4H,5H2,(H2,10,11,12)/b17-11-;;. The van der Waals surface area contributed by atoms with Gasteiger partial charge in [-0.3, -0.25) is 0 Å². The molecule has 4 aromatic heterocycles. The maximum absolute atomic E-state index is 11.5. The van der Waals surface area contributed by atoms with E-state index in [0.29, 0.717) is 24.4 Å². The van der Waals surface area contributed by atoms with Gasteiger partial charge < -0.3 is 20.0 Å². The maximum atomic E-state index is 11.5. The van der Waals surface area contributed by atoms with Crippen LogP contribution in [0.5, 0.6) is 0 Å². The van der Waals surface area contributed by atoms with Crippen LogP contribution >= 0.6 is 45.3 Å². The largest absolute Gasteiger partial charge is 0.395 e. The third kappa shape index (κ3) is 10.5. The van der Waals surface area contributed by atoms with Crippen LogP contribution in [0.2, 0.25) is 26.2 Å². The summed E-state index contributed by atoms with van der Waals surface area (Å²) in [4.78, 5) is 15.0. The number of primary sulfonamides is 2. The second-order valence-electron chi connectivity index (χ2n) is 16.3. The van der Waals surface area contributed by atoms with Crippen LogP contribution in [0.1, 0.15) is 20.9 Å². The van der Waals surface area contributed by atoms with Gasteiger partial charge in [0.2, 0.25) is 20.0 Å². The van der Waals surface area contributed by atoms with Crippen LogP contribution in [0.25, 0.3) is 36.1 Å². The van der Waals surface area contributed by atoms with Crippen molar-refractivity contribution in [3.05, 3.63) is 105 Å². The molecule has 0 unspecified atom stereocenters. The van der Waals surface area contributed by atoms with Crippen LogP contribution in [-0.2, 0) is 26.5 Å². The molecule has 0 amide bonds. The number of thiophene rings is 4. The van der Waals surface area contributed by atoms with Gasteiger partial charge in [0.1, 0.15) is 27.1 Å². The minimum atomic E-state index is -3.76. The third-order valence-electron chi connectivity index (χ3n) is 11.2. The molecule has 21 heteroatoms. The number of nitrogens with two attached hydrogens (primary N) is 2. The molecule has 0 bridgehead atoms. The van der Waals surface area contributed by atoms with Crippen molar-refractivity contribution in [1.82, 2.24) is 0 Å². The first kappa shape index (κ1) is 49.7. The van der Waals surface area contributed by atoms with E-state index in [1.807, 2.05) is 26.2 Å². The Hall–Kier alpha value is -4.78. The summed E-state index contributed by atoms with van der Waals surface area (Å²) in [5, 5.41) is 54.0. The highest BCUT2D eigenvalue weighted by atomic mass is 32.2. The molecule has 65 heavy (non-hydrogen) atoms. The molecule has 6 N–H and O–H groups in total. The number of nitriles is 2. The van der Waals surface area contributed by atoms with Gasteiger partial charge in [0, 0.05) is 51.6 Å². The van der Waals surface area contributed by atoms with Crippen LogP contribution in [0.15, 0.2) is 82.6 Å². The first-order valence-corrected chi connectivity index (χ1v) is 32.3. The molecular formula is C44H47N7O6S6Si2. The van der Waals surface area contributed by atoms with Crippen molar-refractivity contribution in [3.8, 4) is 31.6 Å². The zero-order valence-corrected chi connectivity index (χ0v) is 43.3. The van der Waals surface area contributed by atoms with E-state index in [1.165, 1.54) is 69.5 Å². The zero-order chi connectivity index (χ0) is 47.6. The second-order valence-corrected chi connectivity index (χ2v) is 32.3. The number of likely N-dealkylation sites (N-methyl/N-ethyl adjacent to an activating group) is 2. The molecule has 0 saturated carbocycles. The highest BCUT2D eigenvalue weighted by Crippen LogP contribution is 2.43. The van der Waals surface area contributed by atoms with Gasteiger partial charge in [0.25, 0.3) is 0 Å². The fourth-order valence-corrected chi connectivity index (χ4v) is 22.6. The Labute approximate surface area is 398 Å². The molecule has 0 fully saturated rings. The quantitative estimate of drug-likeness (QED) is 0.0955. The summed E-state index contributed by atoms with van der Waals surface area (Å²) in [5.41, 5.74) is 1.89. The summed E-state index contributed by atoms with van der Waals surface area (Å²) in [7, 11) is -6.85. The number of benzene rings is 2. The molecule has 2 aromatic carbocycles. The Bertz CT molecular complexity index is 3130. The van der Waals surface area contributed by atoms with E-state index in [1.54, 1.807) is 69.6 Å². The second kappa shape index (κ2) is 19.6. The van der Waals surface area contributed by atoms with Crippen LogP contribution in [0.3, 0.4) is 0 Å². The average molecular weight is 1020 g/mol. The molecule has 0 saturated heterocycles. The number of anilines is 2. The summed E-state index contributed by atoms with van der Waals surface area (Å²) in [5.74, 6) is 0. The molecule has 2 aliphatic rings. The first-order chi connectivity index (χ1) is 30.6. The fraction of sp³-hybridized carbons (Fsp3) is 0.250. The molecule has 6 aromatic rings. The van der Waals surface area contributed by atoms with Gasteiger partial charge in [-0.1, -0.05) is 50.5 Å². The van der Waals surface area contributed by atoms with Gasteiger partial charge in [-0.2, -0.15) is 10.5 Å². The first-order valence-electron chi connectivity index (χ1n) is 19.9. The van der Waals surface area contributed by atoms with E-state index in [9.17, 15) is 21.9 Å². The molecule has 13 nitrogen and oxygen atoms in total. The number of sulfonamides is 2. The monoisotopic (exact) mass is 1020 g/mol. The summed E-state index contributed by atoms with van der Waals surface area (Å²) in [6, 6.07) is 25.1. The molecule has 2 aliphatic heterocycles. The van der Waals surface area contributed by atoms with Crippen molar-refractivity contribution >= 4 is 124 Å². The van der Waals surface area contributed by atoms with Crippen LogP contribution in [-0.4, -0.2) is 83.6 Å². The van der Waals surface area contributed by atoms with Gasteiger partial charge in [-0.25, -0.2) is 32.0 Å². The van der Waals surface area contributed by atoms with Crippen LogP contribution < -0.4 is 40.8 Å². The number of aliphatic hydroxyl groups is 2. The zero-order valence-electron chi connectivity index (χ0n) is 36.4. The normalized spacial score (nSPS) is 13.9. The van der Waals surface area contributed by atoms with Crippen molar-refractivity contribution in [3.63, 3.8) is 0 Å². The van der Waals surface area contributed by atoms with E-state index in [0.717, 1.165) is 20.3 Å². The SMILES string of the molecule is CN(CCO)c1cc2c(s1)-c1sc(C#N)cc1[Si]2(C)C.N#CCc1ccc(S(N)(=O)=O)cc1.[C-]#[N+]/C(=C\c1cc2c(s1)-c1sc(N(C)CCO)cc1[Si]2(C)C)c1ccc(S(N)(=O)=O)cc1. The Kier molecular flexibility index (Phi) is 15.0. The van der Waals surface area contributed by atoms with Gasteiger partial charge >= 0.3 is 0 Å². The Morgan fingerprint density at radius 3 is 1.57 bits per heavy atom. The van der Waals surface area contributed by atoms with E-state index < -0.39 is 36.2 Å². The molecule has 0 atom stereocenters. The predicted octanol–water partition coefficient (Wildman–Crippen LogP) is 5.42.